The summed E-state index contributed by atoms with van der Waals surface area (Å²) in [6, 6.07) is 13.0. The Morgan fingerprint density at radius 3 is 2.73 bits per heavy atom. The summed E-state index contributed by atoms with van der Waals surface area (Å²) < 4.78 is 49.9. The van der Waals surface area contributed by atoms with Gasteiger partial charge in [0.05, 0.1) is 29.1 Å². The number of hydrogen-bond donors (Lipinski definition) is 0. The molecule has 0 spiro atoms. The first kappa shape index (κ1) is 22.5. The van der Waals surface area contributed by atoms with Gasteiger partial charge in [0.25, 0.3) is 0 Å². The highest BCUT2D eigenvalue weighted by atomic mass is 79.9. The maximum atomic E-state index is 13.4. The minimum atomic E-state index is -3.65. The van der Waals surface area contributed by atoms with Crippen molar-refractivity contribution < 1.29 is 17.5 Å². The number of nitrogens with zero attached hydrogens (tertiary/aromatic N) is 3. The Kier molecular flexibility index (Phi) is 5.76. The molecule has 5 rings (SSSR count). The van der Waals surface area contributed by atoms with E-state index >= 15 is 0 Å². The highest BCUT2D eigenvalue weighted by Gasteiger charge is 2.46. The molecule has 0 saturated carbocycles. The fourth-order valence-corrected chi connectivity index (χ4v) is 6.99. The summed E-state index contributed by atoms with van der Waals surface area (Å²) in [6.07, 6.45) is 5.14. The summed E-state index contributed by atoms with van der Waals surface area (Å²) in [6.45, 7) is 1.14. The molecule has 1 fully saturated rings. The number of sulfonamides is 1. The van der Waals surface area contributed by atoms with Crippen molar-refractivity contribution in [2.75, 3.05) is 26.8 Å². The zero-order chi connectivity index (χ0) is 23.2. The summed E-state index contributed by atoms with van der Waals surface area (Å²) in [5, 5.41) is 4.54. The normalized spacial score (nSPS) is 20.8. The lowest BCUT2D eigenvalue weighted by Gasteiger charge is -2.45. The van der Waals surface area contributed by atoms with Gasteiger partial charge in [0, 0.05) is 30.1 Å². The monoisotopic (exact) mass is 531 g/mol. The van der Waals surface area contributed by atoms with Gasteiger partial charge in [-0.2, -0.15) is 9.40 Å². The fraction of sp³-hybridized carbons (Fsp3) is 0.292. The zero-order valence-electron chi connectivity index (χ0n) is 18.0. The predicted octanol–water partition coefficient (Wildman–Crippen LogP) is 4.44. The molecule has 1 atom stereocenters. The summed E-state index contributed by atoms with van der Waals surface area (Å²) in [4.78, 5) is 0.275. The minimum absolute atomic E-state index is 0.275. The first-order chi connectivity index (χ1) is 15.8. The summed E-state index contributed by atoms with van der Waals surface area (Å²) in [5.41, 5.74) is 3.44. The Bertz CT molecular complexity index is 1340. The van der Waals surface area contributed by atoms with Crippen molar-refractivity contribution in [3.63, 3.8) is 0 Å². The quantitative estimate of drug-likeness (QED) is 0.488. The smallest absolute Gasteiger partial charge is 0.243 e. The molecule has 2 aromatic carbocycles. The van der Waals surface area contributed by atoms with E-state index in [0.29, 0.717) is 32.5 Å². The van der Waals surface area contributed by atoms with Gasteiger partial charge in [-0.1, -0.05) is 27.6 Å². The van der Waals surface area contributed by atoms with E-state index in [1.54, 1.807) is 41.7 Å². The van der Waals surface area contributed by atoms with Gasteiger partial charge in [-0.05, 0) is 66.9 Å². The van der Waals surface area contributed by atoms with Crippen molar-refractivity contribution in [1.29, 1.82) is 0 Å². The molecule has 3 aromatic rings. The largest absolute Gasteiger partial charge is 0.384 e. The highest BCUT2D eigenvalue weighted by Crippen LogP contribution is 2.45. The van der Waals surface area contributed by atoms with Crippen LogP contribution in [0.3, 0.4) is 0 Å². The van der Waals surface area contributed by atoms with E-state index in [-0.39, 0.29) is 10.7 Å². The van der Waals surface area contributed by atoms with Crippen LogP contribution in [0.4, 0.5) is 4.39 Å². The molecule has 33 heavy (non-hydrogen) atoms. The Morgan fingerprint density at radius 2 is 2.00 bits per heavy atom. The zero-order valence-corrected chi connectivity index (χ0v) is 20.4. The summed E-state index contributed by atoms with van der Waals surface area (Å²) in [5.74, 6) is -0.295. The van der Waals surface area contributed by atoms with E-state index in [1.165, 1.54) is 12.1 Å². The maximum Gasteiger partial charge on any atom is 0.243 e. The predicted molar refractivity (Wildman–Crippen MR) is 127 cm³/mol. The number of halogens is 2. The number of piperidine rings is 1. The second-order valence-corrected chi connectivity index (χ2v) is 11.4. The third-order valence-corrected chi connectivity index (χ3v) is 8.78. The Morgan fingerprint density at radius 1 is 1.21 bits per heavy atom. The third kappa shape index (κ3) is 3.97. The molecule has 0 N–H and O–H groups in total. The Hall–Kier alpha value is -2.33. The Labute approximate surface area is 200 Å². The van der Waals surface area contributed by atoms with Crippen molar-refractivity contribution >= 4 is 32.0 Å². The molecular weight excluding hydrogens is 509 g/mol. The summed E-state index contributed by atoms with van der Waals surface area (Å²) >= 11 is 3.37. The molecule has 1 aliphatic carbocycles. The molecular formula is C24H23BrFN3O3S. The van der Waals surface area contributed by atoms with Crippen LogP contribution in [0.5, 0.6) is 0 Å². The lowest BCUT2D eigenvalue weighted by Crippen LogP contribution is -2.51. The van der Waals surface area contributed by atoms with Crippen LogP contribution in [0.25, 0.3) is 11.8 Å². The number of benzene rings is 2. The molecule has 2 heterocycles. The van der Waals surface area contributed by atoms with Gasteiger partial charge in [0.1, 0.15) is 5.82 Å². The van der Waals surface area contributed by atoms with Gasteiger partial charge in [0.2, 0.25) is 10.0 Å². The molecule has 1 aliphatic heterocycles. The molecule has 172 valence electrons. The molecule has 1 saturated heterocycles. The van der Waals surface area contributed by atoms with Crippen LogP contribution >= 0.6 is 15.9 Å². The number of hydrogen-bond acceptors (Lipinski definition) is 4. The van der Waals surface area contributed by atoms with E-state index in [0.717, 1.165) is 27.0 Å². The lowest BCUT2D eigenvalue weighted by molar-refractivity contribution is 0.0733. The van der Waals surface area contributed by atoms with Crippen molar-refractivity contribution in [3.8, 4) is 5.69 Å². The van der Waals surface area contributed by atoms with Gasteiger partial charge in [-0.25, -0.2) is 17.5 Å². The minimum Gasteiger partial charge on any atom is -0.384 e. The standard InChI is InChI=1S/C24H23BrFN3O3S/c1-32-16-24-13-17-14-27-29(21-7-5-20(26)6-8-21)23(17)11-18(24)9-10-28(15-24)33(30,31)22-4-2-3-19(25)12-22/h2-8,11-12,14H,9-10,13,15-16H2,1H3/t24-/m1/s1. The molecule has 0 unspecified atom stereocenters. The van der Waals surface area contributed by atoms with Crippen LogP contribution in [0.1, 0.15) is 17.7 Å². The Balaban J connectivity index is 1.51. The van der Waals surface area contributed by atoms with Crippen molar-refractivity contribution in [2.24, 2.45) is 5.41 Å². The van der Waals surface area contributed by atoms with Gasteiger partial charge in [-0.15, -0.1) is 0 Å². The third-order valence-electron chi connectivity index (χ3n) is 6.44. The van der Waals surface area contributed by atoms with E-state index in [2.05, 4.69) is 27.1 Å². The van der Waals surface area contributed by atoms with Crippen LogP contribution in [0, 0.1) is 11.2 Å². The second-order valence-electron chi connectivity index (χ2n) is 8.55. The van der Waals surface area contributed by atoms with Crippen molar-refractivity contribution in [2.45, 2.75) is 17.7 Å². The molecule has 6 nitrogen and oxygen atoms in total. The topological polar surface area (TPSA) is 64.4 Å². The van der Waals surface area contributed by atoms with Gasteiger partial charge in [0.15, 0.2) is 0 Å². The number of fused-ring (bicyclic) bond motifs is 2. The molecule has 0 amide bonds. The number of aromatic nitrogens is 2. The van der Waals surface area contributed by atoms with E-state index in [1.807, 2.05) is 16.9 Å². The average Bonchev–Trinajstić information content (AvgIpc) is 3.20. The molecule has 0 bridgehead atoms. The second kappa shape index (κ2) is 8.47. The number of ether oxygens (including phenoxy) is 1. The lowest BCUT2D eigenvalue weighted by atomic mass is 9.69. The molecule has 1 aromatic heterocycles. The van der Waals surface area contributed by atoms with Gasteiger partial charge < -0.3 is 4.74 Å². The van der Waals surface area contributed by atoms with Gasteiger partial charge in [-0.3, -0.25) is 0 Å². The van der Waals surface area contributed by atoms with E-state index < -0.39 is 15.4 Å². The van der Waals surface area contributed by atoms with Crippen LogP contribution in [-0.2, 0) is 21.2 Å². The number of methoxy groups -OCH3 is 1. The van der Waals surface area contributed by atoms with Crippen LogP contribution < -0.4 is 0 Å². The average molecular weight is 532 g/mol. The maximum absolute atomic E-state index is 13.4. The van der Waals surface area contributed by atoms with Gasteiger partial charge >= 0.3 is 0 Å². The molecule has 2 aliphatic rings. The molecule has 0 radical (unpaired) electrons. The van der Waals surface area contributed by atoms with Crippen molar-refractivity contribution in [3.05, 3.63) is 81.8 Å². The first-order valence-electron chi connectivity index (χ1n) is 10.6. The van der Waals surface area contributed by atoms with Crippen LogP contribution in [0.15, 0.2) is 69.7 Å². The summed E-state index contributed by atoms with van der Waals surface area (Å²) in [7, 11) is -2.00. The van der Waals surface area contributed by atoms with Crippen LogP contribution in [0.2, 0.25) is 0 Å². The number of rotatable bonds is 5. The SMILES string of the molecule is COC[C@]12Cc3cnn(-c4ccc(F)cc4)c3C=C1CCN(S(=O)(=O)c1cccc(Br)c1)C2. The fourth-order valence-electron chi connectivity index (χ4n) is 4.87. The first-order valence-corrected chi connectivity index (χ1v) is 12.8. The van der Waals surface area contributed by atoms with E-state index in [9.17, 15) is 12.8 Å². The highest BCUT2D eigenvalue weighted by molar-refractivity contribution is 9.10. The molecule has 9 heteroatoms. The van der Waals surface area contributed by atoms with Crippen molar-refractivity contribution in [1.82, 2.24) is 14.1 Å². The van der Waals surface area contributed by atoms with Crippen LogP contribution in [-0.4, -0.2) is 49.3 Å². The van der Waals surface area contributed by atoms with E-state index in [4.69, 9.17) is 4.74 Å².